The van der Waals surface area contributed by atoms with E-state index in [1.165, 1.54) is 0 Å². The fourth-order valence-electron chi connectivity index (χ4n) is 2.87. The number of ether oxygens (including phenoxy) is 2. The summed E-state index contributed by atoms with van der Waals surface area (Å²) in [5.41, 5.74) is 0.493. The fourth-order valence-corrected chi connectivity index (χ4v) is 4.73. The Hall–Kier alpha value is -2.10. The van der Waals surface area contributed by atoms with E-state index >= 15 is 0 Å². The molecule has 1 aliphatic heterocycles. The molecule has 1 atom stereocenters. The van der Waals surface area contributed by atoms with Crippen LogP contribution in [-0.2, 0) is 16.4 Å². The largest absolute Gasteiger partial charge is 0.490 e. The molecule has 2 rings (SSSR count). The molecule has 1 heterocycles. The van der Waals surface area contributed by atoms with Crippen LogP contribution in [0.15, 0.2) is 23.2 Å². The number of hydrogen-bond donors (Lipinski definition) is 2. The van der Waals surface area contributed by atoms with Crippen molar-refractivity contribution >= 4 is 15.8 Å². The van der Waals surface area contributed by atoms with E-state index in [4.69, 9.17) is 4.74 Å². The molecule has 1 unspecified atom stereocenters. The number of rotatable bonds is 8. The normalized spacial score (nSPS) is 19.1. The molecule has 0 aromatic heterocycles. The molecule has 1 fully saturated rings. The highest BCUT2D eigenvalue weighted by Crippen LogP contribution is 2.32. The Morgan fingerprint density at radius 2 is 2.15 bits per heavy atom. The molecule has 2 N–H and O–H groups in total. The van der Waals surface area contributed by atoms with E-state index in [9.17, 15) is 17.2 Å². The first-order valence-corrected chi connectivity index (χ1v) is 10.5. The Morgan fingerprint density at radius 1 is 1.37 bits per heavy atom. The van der Waals surface area contributed by atoms with Crippen molar-refractivity contribution in [2.75, 3.05) is 31.7 Å². The summed E-state index contributed by atoms with van der Waals surface area (Å²) in [5.74, 6) is 1.09. The molecule has 0 radical (unpaired) electrons. The molecular weight excluding hydrogens is 380 g/mol. The molecule has 1 aliphatic rings. The predicted molar refractivity (Wildman–Crippen MR) is 99.2 cm³/mol. The van der Waals surface area contributed by atoms with E-state index in [2.05, 4.69) is 20.4 Å². The fraction of sp³-hybridized carbons (Fsp3) is 0.588. The van der Waals surface area contributed by atoms with E-state index in [1.807, 2.05) is 0 Å². The third-order valence-electron chi connectivity index (χ3n) is 4.12. The summed E-state index contributed by atoms with van der Waals surface area (Å²) in [6, 6.07) is 4.92. The summed E-state index contributed by atoms with van der Waals surface area (Å²) in [7, 11) is -1.36. The Bertz CT molecular complexity index is 757. The summed E-state index contributed by atoms with van der Waals surface area (Å²) in [4.78, 5) is 4.07. The third-order valence-corrected chi connectivity index (χ3v) is 5.96. The van der Waals surface area contributed by atoms with E-state index < -0.39 is 16.4 Å². The topological polar surface area (TPSA) is 89.0 Å². The van der Waals surface area contributed by atoms with Gasteiger partial charge in [0.05, 0.1) is 18.1 Å². The van der Waals surface area contributed by atoms with E-state index in [-0.39, 0.29) is 35.5 Å². The van der Waals surface area contributed by atoms with Gasteiger partial charge in [0, 0.05) is 25.7 Å². The van der Waals surface area contributed by atoms with Gasteiger partial charge < -0.3 is 20.1 Å². The van der Waals surface area contributed by atoms with Gasteiger partial charge in [-0.15, -0.1) is 0 Å². The highest BCUT2D eigenvalue weighted by atomic mass is 32.2. The van der Waals surface area contributed by atoms with Crippen molar-refractivity contribution in [2.24, 2.45) is 10.9 Å². The Kier molecular flexibility index (Phi) is 7.64. The number of halogens is 2. The van der Waals surface area contributed by atoms with Gasteiger partial charge in [0.1, 0.15) is 0 Å². The van der Waals surface area contributed by atoms with Gasteiger partial charge in [-0.05, 0) is 25.3 Å². The molecule has 0 bridgehead atoms. The van der Waals surface area contributed by atoms with Gasteiger partial charge in [-0.25, -0.2) is 8.42 Å². The van der Waals surface area contributed by atoms with Crippen molar-refractivity contribution in [2.45, 2.75) is 26.5 Å². The average Bonchev–Trinajstić information content (AvgIpc) is 2.96. The molecule has 0 amide bonds. The van der Waals surface area contributed by atoms with Crippen LogP contribution >= 0.6 is 0 Å². The monoisotopic (exact) mass is 405 g/mol. The van der Waals surface area contributed by atoms with Crippen LogP contribution in [0.3, 0.4) is 0 Å². The van der Waals surface area contributed by atoms with Gasteiger partial charge in [-0.1, -0.05) is 12.1 Å². The standard InChI is InChI=1S/C17H25F2N3O4S/c1-3-25-14-6-4-5-13(15(14)26-16(18)19)10-22-17(20-2)21-9-12-7-8-27(23,24)11-12/h4-6,12,16H,3,7-11H2,1-2H3,(H2,20,21,22). The highest BCUT2D eigenvalue weighted by molar-refractivity contribution is 7.91. The van der Waals surface area contributed by atoms with Crippen LogP contribution in [0, 0.1) is 5.92 Å². The van der Waals surface area contributed by atoms with Crippen LogP contribution < -0.4 is 20.1 Å². The smallest absolute Gasteiger partial charge is 0.387 e. The number of para-hydroxylation sites is 1. The quantitative estimate of drug-likeness (QED) is 0.506. The highest BCUT2D eigenvalue weighted by Gasteiger charge is 2.27. The first kappa shape index (κ1) is 21.2. The minimum atomic E-state index is -2.97. The maximum Gasteiger partial charge on any atom is 0.387 e. The van der Waals surface area contributed by atoms with Gasteiger partial charge in [-0.3, -0.25) is 4.99 Å². The number of nitrogens with zero attached hydrogens (tertiary/aromatic N) is 1. The van der Waals surface area contributed by atoms with Crippen LogP contribution in [0.2, 0.25) is 0 Å². The summed E-state index contributed by atoms with van der Waals surface area (Å²) >= 11 is 0. The van der Waals surface area contributed by atoms with Crippen LogP contribution in [0.4, 0.5) is 8.78 Å². The molecule has 1 saturated heterocycles. The van der Waals surface area contributed by atoms with E-state index in [1.54, 1.807) is 32.2 Å². The summed E-state index contributed by atoms with van der Waals surface area (Å²) < 4.78 is 58.5. The Labute approximate surface area is 158 Å². The van der Waals surface area contributed by atoms with Crippen LogP contribution in [-0.4, -0.2) is 52.7 Å². The summed E-state index contributed by atoms with van der Waals surface area (Å²) in [6.07, 6.45) is 0.620. The zero-order valence-electron chi connectivity index (χ0n) is 15.4. The number of guanidine groups is 1. The summed E-state index contributed by atoms with van der Waals surface area (Å²) in [5, 5.41) is 6.10. The zero-order valence-corrected chi connectivity index (χ0v) is 16.2. The number of alkyl halides is 2. The average molecular weight is 405 g/mol. The third kappa shape index (κ3) is 6.53. The SMILES string of the molecule is CCOc1cccc(CNC(=NC)NCC2CCS(=O)(=O)C2)c1OC(F)F. The lowest BCUT2D eigenvalue weighted by Gasteiger charge is -2.18. The van der Waals surface area contributed by atoms with Crippen molar-refractivity contribution in [3.05, 3.63) is 23.8 Å². The molecule has 0 aliphatic carbocycles. The zero-order chi connectivity index (χ0) is 19.9. The molecule has 0 saturated carbocycles. The second kappa shape index (κ2) is 9.72. The molecule has 1 aromatic rings. The lowest BCUT2D eigenvalue weighted by atomic mass is 10.1. The number of benzene rings is 1. The first-order valence-electron chi connectivity index (χ1n) is 8.69. The van der Waals surface area contributed by atoms with Crippen LogP contribution in [0.25, 0.3) is 0 Å². The maximum atomic E-state index is 12.8. The number of nitrogens with one attached hydrogen (secondary N) is 2. The van der Waals surface area contributed by atoms with Crippen molar-refractivity contribution in [1.29, 1.82) is 0 Å². The number of sulfone groups is 1. The maximum absolute atomic E-state index is 12.8. The number of aliphatic imine (C=N–C) groups is 1. The second-order valence-electron chi connectivity index (χ2n) is 6.13. The second-order valence-corrected chi connectivity index (χ2v) is 8.36. The van der Waals surface area contributed by atoms with E-state index in [0.717, 1.165) is 0 Å². The Morgan fingerprint density at radius 3 is 2.74 bits per heavy atom. The lowest BCUT2D eigenvalue weighted by Crippen LogP contribution is -2.39. The van der Waals surface area contributed by atoms with Gasteiger partial charge in [0.2, 0.25) is 0 Å². The van der Waals surface area contributed by atoms with Crippen molar-refractivity contribution in [3.8, 4) is 11.5 Å². The minimum Gasteiger partial charge on any atom is -0.490 e. The molecule has 1 aromatic carbocycles. The van der Waals surface area contributed by atoms with Crippen molar-refractivity contribution in [3.63, 3.8) is 0 Å². The molecule has 10 heteroatoms. The minimum absolute atomic E-state index is 0.0146. The summed E-state index contributed by atoms with van der Waals surface area (Å²) in [6.45, 7) is -0.230. The van der Waals surface area contributed by atoms with Crippen molar-refractivity contribution < 1.29 is 26.7 Å². The lowest BCUT2D eigenvalue weighted by molar-refractivity contribution is -0.0520. The van der Waals surface area contributed by atoms with Gasteiger partial charge >= 0.3 is 6.61 Å². The molecular formula is C17H25F2N3O4S. The first-order chi connectivity index (χ1) is 12.8. The molecule has 152 valence electrons. The molecule has 0 spiro atoms. The van der Waals surface area contributed by atoms with Crippen LogP contribution in [0.1, 0.15) is 18.9 Å². The molecule has 27 heavy (non-hydrogen) atoms. The predicted octanol–water partition coefficient (Wildman–Crippen LogP) is 1.79. The van der Waals surface area contributed by atoms with Gasteiger partial charge in [0.25, 0.3) is 0 Å². The van der Waals surface area contributed by atoms with Gasteiger partial charge in [-0.2, -0.15) is 8.78 Å². The van der Waals surface area contributed by atoms with Crippen LogP contribution in [0.5, 0.6) is 11.5 Å². The van der Waals surface area contributed by atoms with Crippen molar-refractivity contribution in [1.82, 2.24) is 10.6 Å². The Balaban J connectivity index is 1.98. The number of hydrogen-bond acceptors (Lipinski definition) is 5. The van der Waals surface area contributed by atoms with Gasteiger partial charge in [0.15, 0.2) is 27.3 Å². The van der Waals surface area contributed by atoms with E-state index in [0.29, 0.717) is 31.1 Å². The molecule has 7 nitrogen and oxygen atoms in total.